The van der Waals surface area contributed by atoms with E-state index in [9.17, 15) is 40.2 Å². The number of hydrogen-bond acceptors (Lipinski definition) is 16. The van der Waals surface area contributed by atoms with Crippen LogP contribution in [0, 0.1) is 23.7 Å². The van der Waals surface area contributed by atoms with Crippen LogP contribution in [0.25, 0.3) is 0 Å². The second-order valence-corrected chi connectivity index (χ2v) is 17.0. The Kier molecular flexibility index (Phi) is 16.3. The predicted molar refractivity (Wildman–Crippen MR) is 229 cm³/mol. The number of fused-ring (bicyclic) bond motifs is 5. The molecule has 0 aliphatic carbocycles. The molecule has 0 spiro atoms. The Morgan fingerprint density at radius 2 is 1.68 bits per heavy atom. The number of carbonyl (C=O) groups is 2. The molecule has 6 aliphatic heterocycles. The molecule has 0 aromatic heterocycles. The predicted octanol–water partition coefficient (Wildman–Crippen LogP) is 0.590. The molecule has 6 heterocycles. The van der Waals surface area contributed by atoms with Crippen LogP contribution in [0.4, 0.5) is 0 Å². The fourth-order valence-electron chi connectivity index (χ4n) is 8.99. The summed E-state index contributed by atoms with van der Waals surface area (Å²) in [6.45, 7) is 11.4. The molecular weight excluding hydrogens is 905 g/mol. The molecule has 17 nitrogen and oxygen atoms in total. The summed E-state index contributed by atoms with van der Waals surface area (Å²) in [5, 5.41) is 74.9. The molecule has 0 aromatic carbocycles. The van der Waals surface area contributed by atoms with Crippen molar-refractivity contribution in [2.45, 2.75) is 97.9 Å². The van der Waals surface area contributed by atoms with Gasteiger partial charge in [-0.15, -0.1) is 5.76 Å². The number of esters is 1. The first-order valence-corrected chi connectivity index (χ1v) is 21.2. The molecule has 0 aromatic rings. The van der Waals surface area contributed by atoms with Gasteiger partial charge in [0.1, 0.15) is 24.4 Å². The number of allylic oxidation sites excluding steroid dienone is 10. The van der Waals surface area contributed by atoms with Gasteiger partial charge in [0.25, 0.3) is 0 Å². The SMILES string of the molecule is CC[C@H]1C2=CC3=NC(=C(CC(=O)OC)C4=NC(=CC5=C(C)/C(=C(/C)[O-])C(=N5)C=C(N2)[C@@H]1C)[C@@H](C)[C@@H]4CCC(=O)NC1C(O)OC(CO)C(O)C1O)C(C([O-])=NCCN(C)C)=C3C.[Pd+2]. The van der Waals surface area contributed by atoms with Gasteiger partial charge in [-0.3, -0.25) is 19.6 Å². The number of aliphatic hydroxyl groups excluding tert-OH is 4. The summed E-state index contributed by atoms with van der Waals surface area (Å²) in [5.41, 5.74) is 6.73. The van der Waals surface area contributed by atoms with Crippen molar-refractivity contribution < 1.29 is 70.1 Å². The van der Waals surface area contributed by atoms with Crippen molar-refractivity contribution in [3.63, 3.8) is 0 Å². The van der Waals surface area contributed by atoms with Gasteiger partial charge >= 0.3 is 26.4 Å². The van der Waals surface area contributed by atoms with Crippen LogP contribution in [0.3, 0.4) is 0 Å². The van der Waals surface area contributed by atoms with Crippen molar-refractivity contribution in [1.29, 1.82) is 0 Å². The third-order valence-corrected chi connectivity index (χ3v) is 12.7. The number of aliphatic imine (C=N–C) groups is 4. The molecular formula is C45H59N7O10Pd. The quantitative estimate of drug-likeness (QED) is 0.0517. The number of hydrogen-bond donors (Lipinski definition) is 6. The first kappa shape index (κ1) is 49.6. The van der Waals surface area contributed by atoms with E-state index in [0.717, 1.165) is 17.8 Å². The fraction of sp³-hybridized carbons (Fsp3) is 0.556. The van der Waals surface area contributed by atoms with E-state index in [4.69, 9.17) is 24.5 Å². The van der Waals surface area contributed by atoms with E-state index in [0.29, 0.717) is 57.4 Å². The number of likely N-dealkylation sites (N-methyl/N-ethyl adjacent to an activating group) is 1. The number of nitrogens with zero attached hydrogens (tertiary/aromatic N) is 5. The number of aliphatic hydroxyl groups is 4. The van der Waals surface area contributed by atoms with E-state index in [-0.39, 0.29) is 75.1 Å². The van der Waals surface area contributed by atoms with Gasteiger partial charge in [-0.2, -0.15) is 0 Å². The Hall–Kier alpha value is -4.38. The minimum Gasteiger partial charge on any atom is -0.875 e. The van der Waals surface area contributed by atoms with Crippen molar-refractivity contribution in [3.05, 3.63) is 80.3 Å². The normalized spacial score (nSPS) is 30.3. The monoisotopic (exact) mass is 963 g/mol. The standard InChI is InChI=1S/C45H61N7O10.Pd/c1-10-25-20(2)28-18-33-37(24(6)54)22(4)30(48-33)16-29-21(3)26(11-12-35(55)51-41-43(58)42(57)34(19-53)62-45(41)60)39(49-29)27(15-36(56)61-9)40-38(44(59)46-13-14-52(7)8)23(5)31(50-40)17-32(25)47-28;/h16-18,20-21,25-26,34,41-43,45,47,53-54,57-58,60H,10-15,19H2,1-9H3,(H,46,59)(H,51,55);/q;+2/p-2/b28-18?,29-16?,32-17?,37-24+,40-27?;/t20-,21+,25-,26+,34?,41?,42?,43?,45?;/m1./s1. The van der Waals surface area contributed by atoms with Crippen LogP contribution in [0.2, 0.25) is 0 Å². The molecule has 2 saturated heterocycles. The summed E-state index contributed by atoms with van der Waals surface area (Å²) in [7, 11) is 5.03. The van der Waals surface area contributed by atoms with Crippen molar-refractivity contribution in [1.82, 2.24) is 15.5 Å². The van der Waals surface area contributed by atoms with Crippen LogP contribution in [0.1, 0.15) is 67.2 Å². The van der Waals surface area contributed by atoms with Gasteiger partial charge in [0, 0.05) is 64.9 Å². The molecule has 6 rings (SSSR count). The Bertz CT molecular complexity index is 2210. The van der Waals surface area contributed by atoms with Crippen molar-refractivity contribution in [2.24, 2.45) is 43.6 Å². The molecule has 1 amide bonds. The topological polar surface area (TPSA) is 256 Å². The molecule has 6 aliphatic rings. The zero-order valence-corrected chi connectivity index (χ0v) is 38.7. The van der Waals surface area contributed by atoms with Gasteiger partial charge in [0.05, 0.1) is 55.2 Å². The molecule has 9 atom stereocenters. The fourth-order valence-corrected chi connectivity index (χ4v) is 8.99. The molecule has 5 unspecified atom stereocenters. The van der Waals surface area contributed by atoms with Crippen molar-refractivity contribution in [3.8, 4) is 0 Å². The molecule has 0 radical (unpaired) electrons. The van der Waals surface area contributed by atoms with Gasteiger partial charge in [0.15, 0.2) is 6.29 Å². The zero-order chi connectivity index (χ0) is 45.3. The molecule has 0 saturated carbocycles. The van der Waals surface area contributed by atoms with Crippen LogP contribution in [-0.2, 0) is 39.5 Å². The molecule has 344 valence electrons. The maximum Gasteiger partial charge on any atom is 2.00 e. The summed E-state index contributed by atoms with van der Waals surface area (Å²) in [6, 6.07) is -1.39. The Morgan fingerprint density at radius 1 is 0.984 bits per heavy atom. The second-order valence-electron chi connectivity index (χ2n) is 17.0. The Morgan fingerprint density at radius 3 is 2.32 bits per heavy atom. The van der Waals surface area contributed by atoms with E-state index in [1.165, 1.54) is 14.0 Å². The first-order valence-electron chi connectivity index (χ1n) is 21.2. The van der Waals surface area contributed by atoms with Crippen LogP contribution < -0.4 is 20.8 Å². The van der Waals surface area contributed by atoms with Gasteiger partial charge in [-0.05, 0) is 81.6 Å². The third kappa shape index (κ3) is 10.1. The Labute approximate surface area is 381 Å². The molecule has 63 heavy (non-hydrogen) atoms. The van der Waals surface area contributed by atoms with E-state index >= 15 is 0 Å². The van der Waals surface area contributed by atoms with Gasteiger partial charge < -0.3 is 55.6 Å². The number of ether oxygens (including phenoxy) is 2. The molecule has 6 N–H and O–H groups in total. The maximum atomic E-state index is 14.3. The summed E-state index contributed by atoms with van der Waals surface area (Å²) >= 11 is 0. The summed E-state index contributed by atoms with van der Waals surface area (Å²) in [5.74, 6) is -2.76. The number of rotatable bonds is 12. The van der Waals surface area contributed by atoms with Gasteiger partial charge in [0.2, 0.25) is 5.91 Å². The average Bonchev–Trinajstić information content (AvgIpc) is 3.91. The van der Waals surface area contributed by atoms with Gasteiger partial charge in [-0.1, -0.05) is 27.7 Å². The minimum atomic E-state index is -1.71. The van der Waals surface area contributed by atoms with Crippen LogP contribution in [-0.4, -0.2) is 132 Å². The van der Waals surface area contributed by atoms with Crippen molar-refractivity contribution in [2.75, 3.05) is 40.9 Å². The Balaban J connectivity index is 0.00000748. The van der Waals surface area contributed by atoms with Gasteiger partial charge in [-0.25, -0.2) is 9.98 Å². The second kappa shape index (κ2) is 20.6. The van der Waals surface area contributed by atoms with Crippen molar-refractivity contribution >= 4 is 34.9 Å². The largest absolute Gasteiger partial charge is 2.00 e. The third-order valence-electron chi connectivity index (χ3n) is 12.7. The molecule has 2 fully saturated rings. The number of amides is 1. The molecule has 8 bridgehead atoms. The van der Waals surface area contributed by atoms with Crippen LogP contribution >= 0.6 is 0 Å². The summed E-state index contributed by atoms with van der Waals surface area (Å²) in [6.07, 6.45) is -0.0852. The van der Waals surface area contributed by atoms with E-state index in [1.54, 1.807) is 6.92 Å². The van der Waals surface area contributed by atoms with E-state index in [2.05, 4.69) is 29.5 Å². The van der Waals surface area contributed by atoms with E-state index in [1.807, 2.05) is 51.1 Å². The van der Waals surface area contributed by atoms with E-state index < -0.39 is 66.9 Å². The first-order chi connectivity index (χ1) is 29.4. The number of methoxy groups -OCH3 is 1. The van der Waals surface area contributed by atoms with Crippen LogP contribution in [0.5, 0.6) is 0 Å². The maximum absolute atomic E-state index is 14.3. The number of carbonyl (C=O) groups excluding carboxylic acids is 2. The average molecular weight is 964 g/mol. The number of nitrogens with one attached hydrogen (secondary N) is 2. The summed E-state index contributed by atoms with van der Waals surface area (Å²) < 4.78 is 10.5. The smallest absolute Gasteiger partial charge is 0.875 e. The minimum absolute atomic E-state index is 0. The zero-order valence-electron chi connectivity index (χ0n) is 37.2. The molecule has 18 heteroatoms. The summed E-state index contributed by atoms with van der Waals surface area (Å²) in [4.78, 5) is 48.6. The van der Waals surface area contributed by atoms with Crippen LogP contribution in [0.15, 0.2) is 100 Å².